The molecular weight excluding hydrogens is 324 g/mol. The Morgan fingerprint density at radius 1 is 0.962 bits per heavy atom. The Hall–Kier alpha value is -3.14. The van der Waals surface area contributed by atoms with Crippen molar-refractivity contribution >= 4 is 5.91 Å². The second kappa shape index (κ2) is 8.81. The Morgan fingerprint density at radius 2 is 1.62 bits per heavy atom. The molecule has 0 aliphatic carbocycles. The van der Waals surface area contributed by atoms with E-state index in [4.69, 9.17) is 4.74 Å². The fraction of sp³-hybridized carbons (Fsp3) is 0.182. The van der Waals surface area contributed by atoms with Crippen LogP contribution in [0.5, 0.6) is 5.75 Å². The van der Waals surface area contributed by atoms with Crippen LogP contribution in [0, 0.1) is 0 Å². The van der Waals surface area contributed by atoms with Crippen LogP contribution in [0.4, 0.5) is 0 Å². The molecular formula is C22H22N2O2. The van der Waals surface area contributed by atoms with Gasteiger partial charge < -0.3 is 10.1 Å². The number of benzene rings is 2. The molecule has 0 radical (unpaired) electrons. The van der Waals surface area contributed by atoms with Gasteiger partial charge in [-0.15, -0.1) is 0 Å². The number of rotatable bonds is 7. The van der Waals surface area contributed by atoms with Crippen LogP contribution >= 0.6 is 0 Å². The Kier molecular flexibility index (Phi) is 5.99. The summed E-state index contributed by atoms with van der Waals surface area (Å²) in [5.74, 6) is 0.809. The van der Waals surface area contributed by atoms with E-state index >= 15 is 0 Å². The Labute approximate surface area is 153 Å². The lowest BCUT2D eigenvalue weighted by Crippen LogP contribution is -2.28. The van der Waals surface area contributed by atoms with Crippen molar-refractivity contribution in [1.29, 1.82) is 0 Å². The van der Waals surface area contributed by atoms with E-state index in [9.17, 15) is 4.79 Å². The third-order valence-electron chi connectivity index (χ3n) is 4.13. The molecule has 3 rings (SSSR count). The van der Waals surface area contributed by atoms with E-state index in [0.717, 1.165) is 22.4 Å². The number of hydrogen-bond donors (Lipinski definition) is 1. The van der Waals surface area contributed by atoms with Crippen LogP contribution in [0.2, 0.25) is 0 Å². The van der Waals surface area contributed by atoms with Crippen LogP contribution in [-0.2, 0) is 11.4 Å². The van der Waals surface area contributed by atoms with Gasteiger partial charge in [-0.05, 0) is 41.0 Å². The number of nitrogens with zero attached hydrogens (tertiary/aromatic N) is 1. The standard InChI is InChI=1S/C22H22N2O2/c1-2-21(25)24-22(19-12-14-23-15-13-19)18-8-10-20(11-9-18)26-16-17-6-4-3-5-7-17/h3-15,22H,2,16H2,1H3,(H,24,25). The van der Waals surface area contributed by atoms with Crippen molar-refractivity contribution in [1.82, 2.24) is 10.3 Å². The van der Waals surface area contributed by atoms with Crippen molar-refractivity contribution in [3.8, 4) is 5.75 Å². The number of amides is 1. The second-order valence-corrected chi connectivity index (χ2v) is 5.98. The molecule has 0 fully saturated rings. The van der Waals surface area contributed by atoms with Crippen LogP contribution < -0.4 is 10.1 Å². The van der Waals surface area contributed by atoms with Gasteiger partial charge in [0.05, 0.1) is 6.04 Å². The normalized spacial score (nSPS) is 11.6. The summed E-state index contributed by atoms with van der Waals surface area (Å²) in [5, 5.41) is 3.07. The molecule has 0 saturated carbocycles. The number of pyridine rings is 1. The highest BCUT2D eigenvalue weighted by molar-refractivity contribution is 5.76. The molecule has 1 atom stereocenters. The zero-order chi connectivity index (χ0) is 18.2. The third kappa shape index (κ3) is 4.70. The molecule has 1 N–H and O–H groups in total. The maximum atomic E-state index is 11.9. The topological polar surface area (TPSA) is 51.2 Å². The van der Waals surface area contributed by atoms with Crippen molar-refractivity contribution in [3.05, 3.63) is 95.8 Å². The summed E-state index contributed by atoms with van der Waals surface area (Å²) in [7, 11) is 0. The van der Waals surface area contributed by atoms with E-state index in [1.165, 1.54) is 0 Å². The minimum Gasteiger partial charge on any atom is -0.489 e. The molecule has 2 aromatic carbocycles. The van der Waals surface area contributed by atoms with Crippen molar-refractivity contribution in [2.24, 2.45) is 0 Å². The van der Waals surface area contributed by atoms with Crippen LogP contribution in [0.25, 0.3) is 0 Å². The highest BCUT2D eigenvalue weighted by atomic mass is 16.5. The summed E-state index contributed by atoms with van der Waals surface area (Å²) in [4.78, 5) is 16.0. The molecule has 0 bridgehead atoms. The number of carbonyl (C=O) groups excluding carboxylic acids is 1. The van der Waals surface area contributed by atoms with E-state index in [1.807, 2.05) is 73.7 Å². The second-order valence-electron chi connectivity index (χ2n) is 5.98. The summed E-state index contributed by atoms with van der Waals surface area (Å²) < 4.78 is 5.84. The largest absolute Gasteiger partial charge is 0.489 e. The van der Waals surface area contributed by atoms with Gasteiger partial charge in [0.2, 0.25) is 5.91 Å². The van der Waals surface area contributed by atoms with Crippen LogP contribution in [0.15, 0.2) is 79.1 Å². The molecule has 1 heterocycles. The minimum absolute atomic E-state index is 0.0104. The molecule has 1 amide bonds. The molecule has 1 unspecified atom stereocenters. The summed E-state index contributed by atoms with van der Waals surface area (Å²) in [6.45, 7) is 2.38. The fourth-order valence-electron chi connectivity index (χ4n) is 2.68. The smallest absolute Gasteiger partial charge is 0.220 e. The first-order chi connectivity index (χ1) is 12.8. The van der Waals surface area contributed by atoms with E-state index in [1.54, 1.807) is 12.4 Å². The van der Waals surface area contributed by atoms with Gasteiger partial charge >= 0.3 is 0 Å². The van der Waals surface area contributed by atoms with Gasteiger partial charge in [-0.3, -0.25) is 9.78 Å². The maximum absolute atomic E-state index is 11.9. The first-order valence-electron chi connectivity index (χ1n) is 8.72. The first-order valence-corrected chi connectivity index (χ1v) is 8.72. The van der Waals surface area contributed by atoms with Gasteiger partial charge in [-0.1, -0.05) is 49.4 Å². The molecule has 132 valence electrons. The number of carbonyl (C=O) groups is 1. The van der Waals surface area contributed by atoms with Gasteiger partial charge in [0.15, 0.2) is 0 Å². The lowest BCUT2D eigenvalue weighted by molar-refractivity contribution is -0.121. The molecule has 0 aliphatic rings. The predicted molar refractivity (Wildman–Crippen MR) is 102 cm³/mol. The van der Waals surface area contributed by atoms with E-state index in [-0.39, 0.29) is 11.9 Å². The van der Waals surface area contributed by atoms with Crippen LogP contribution in [0.3, 0.4) is 0 Å². The SMILES string of the molecule is CCC(=O)NC(c1ccncc1)c1ccc(OCc2ccccc2)cc1. The molecule has 4 nitrogen and oxygen atoms in total. The maximum Gasteiger partial charge on any atom is 0.220 e. The highest BCUT2D eigenvalue weighted by Crippen LogP contribution is 2.24. The highest BCUT2D eigenvalue weighted by Gasteiger charge is 2.16. The van der Waals surface area contributed by atoms with Crippen molar-refractivity contribution in [2.75, 3.05) is 0 Å². The van der Waals surface area contributed by atoms with Crippen LogP contribution in [-0.4, -0.2) is 10.9 Å². The number of nitrogens with one attached hydrogen (secondary N) is 1. The molecule has 26 heavy (non-hydrogen) atoms. The number of ether oxygens (including phenoxy) is 1. The quantitative estimate of drug-likeness (QED) is 0.695. The van der Waals surface area contributed by atoms with E-state index < -0.39 is 0 Å². The minimum atomic E-state index is -0.200. The van der Waals surface area contributed by atoms with Gasteiger partial charge in [0.25, 0.3) is 0 Å². The average molecular weight is 346 g/mol. The molecule has 3 aromatic rings. The van der Waals surface area contributed by atoms with Crippen molar-refractivity contribution in [2.45, 2.75) is 26.0 Å². The van der Waals surface area contributed by atoms with Gasteiger partial charge in [0.1, 0.15) is 12.4 Å². The van der Waals surface area contributed by atoms with E-state index in [2.05, 4.69) is 10.3 Å². The number of aromatic nitrogens is 1. The Morgan fingerprint density at radius 3 is 2.27 bits per heavy atom. The van der Waals surface area contributed by atoms with E-state index in [0.29, 0.717) is 13.0 Å². The summed E-state index contributed by atoms with van der Waals surface area (Å²) in [6.07, 6.45) is 3.91. The predicted octanol–water partition coefficient (Wildman–Crippen LogP) is 4.28. The zero-order valence-corrected chi connectivity index (χ0v) is 14.8. The molecule has 1 aromatic heterocycles. The fourth-order valence-corrected chi connectivity index (χ4v) is 2.68. The molecule has 0 aliphatic heterocycles. The molecule has 0 saturated heterocycles. The molecule has 4 heteroatoms. The monoisotopic (exact) mass is 346 g/mol. The third-order valence-corrected chi connectivity index (χ3v) is 4.13. The Balaban J connectivity index is 1.74. The van der Waals surface area contributed by atoms with Gasteiger partial charge in [-0.2, -0.15) is 0 Å². The average Bonchev–Trinajstić information content (AvgIpc) is 2.72. The summed E-state index contributed by atoms with van der Waals surface area (Å²) in [5.41, 5.74) is 3.13. The zero-order valence-electron chi connectivity index (χ0n) is 14.8. The van der Waals surface area contributed by atoms with Gasteiger partial charge in [0, 0.05) is 18.8 Å². The van der Waals surface area contributed by atoms with Crippen molar-refractivity contribution in [3.63, 3.8) is 0 Å². The summed E-state index contributed by atoms with van der Waals surface area (Å²) in [6, 6.07) is 21.5. The lowest BCUT2D eigenvalue weighted by Gasteiger charge is -2.20. The van der Waals surface area contributed by atoms with Crippen LogP contribution in [0.1, 0.15) is 36.1 Å². The van der Waals surface area contributed by atoms with Crippen molar-refractivity contribution < 1.29 is 9.53 Å². The number of hydrogen-bond acceptors (Lipinski definition) is 3. The molecule has 0 spiro atoms. The lowest BCUT2D eigenvalue weighted by atomic mass is 9.99. The van der Waals surface area contributed by atoms with Gasteiger partial charge in [-0.25, -0.2) is 0 Å². The Bertz CT molecular complexity index is 818. The summed E-state index contributed by atoms with van der Waals surface area (Å²) >= 11 is 0. The first kappa shape index (κ1) is 17.7.